The number of nitrogens with zero attached hydrogens (tertiary/aromatic N) is 1. The topological polar surface area (TPSA) is 12.4 Å². The van der Waals surface area contributed by atoms with Crippen LogP contribution in [0, 0.1) is 0 Å². The van der Waals surface area contributed by atoms with Gasteiger partial charge in [0.25, 0.3) is 0 Å². The van der Waals surface area contributed by atoms with E-state index < -0.39 is 0 Å². The maximum atomic E-state index is 3.86. The predicted octanol–water partition coefficient (Wildman–Crippen LogP) is 3.11. The smallest absolute Gasteiger partial charge is 0.0802 e. The Morgan fingerprint density at radius 1 is 1.70 bits per heavy atom. The van der Waals surface area contributed by atoms with Crippen molar-refractivity contribution in [3.63, 3.8) is 0 Å². The molecule has 0 unspecified atom stereocenters. The molecule has 0 atom stereocenters. The lowest BCUT2D eigenvalue weighted by Gasteiger charge is -1.86. The van der Waals surface area contributed by atoms with Gasteiger partial charge < -0.3 is 0 Å². The van der Waals surface area contributed by atoms with E-state index in [4.69, 9.17) is 0 Å². The van der Waals surface area contributed by atoms with Crippen molar-refractivity contribution in [1.82, 2.24) is 0 Å². The molecule has 0 aliphatic rings. The monoisotopic (exact) mass is 151 g/mol. The number of thiophene rings is 1. The van der Waals surface area contributed by atoms with Crippen LogP contribution in [0.3, 0.4) is 0 Å². The molecule has 0 radical (unpaired) electrons. The van der Waals surface area contributed by atoms with Gasteiger partial charge in [-0.3, -0.25) is 4.99 Å². The fourth-order valence-corrected chi connectivity index (χ4v) is 1.53. The third kappa shape index (κ3) is 1.33. The standard InChI is InChI=1S/C8H9NS/c1-3-4-8-7(9-2)5-6-10-8/h3-6H,2H2,1H3/b4-3-. The van der Waals surface area contributed by atoms with Gasteiger partial charge in [-0.15, -0.1) is 11.3 Å². The van der Waals surface area contributed by atoms with Crippen molar-refractivity contribution < 1.29 is 0 Å². The second-order valence-electron chi connectivity index (χ2n) is 1.83. The Bertz CT molecular complexity index is 248. The van der Waals surface area contributed by atoms with Crippen LogP contribution in [0.1, 0.15) is 11.8 Å². The zero-order valence-corrected chi connectivity index (χ0v) is 6.69. The maximum Gasteiger partial charge on any atom is 0.0802 e. The summed E-state index contributed by atoms with van der Waals surface area (Å²) in [4.78, 5) is 5.04. The summed E-state index contributed by atoms with van der Waals surface area (Å²) in [5, 5.41) is 2.01. The molecule has 0 aromatic carbocycles. The van der Waals surface area contributed by atoms with Crippen LogP contribution in [0.25, 0.3) is 6.08 Å². The molecule has 10 heavy (non-hydrogen) atoms. The van der Waals surface area contributed by atoms with Gasteiger partial charge in [0.2, 0.25) is 0 Å². The van der Waals surface area contributed by atoms with Gasteiger partial charge in [-0.1, -0.05) is 6.08 Å². The van der Waals surface area contributed by atoms with Crippen LogP contribution in [0.4, 0.5) is 5.69 Å². The minimum atomic E-state index is 0.975. The highest BCUT2D eigenvalue weighted by molar-refractivity contribution is 7.11. The van der Waals surface area contributed by atoms with Gasteiger partial charge >= 0.3 is 0 Å². The molecule has 1 heterocycles. The highest BCUT2D eigenvalue weighted by Gasteiger charge is 1.94. The Hall–Kier alpha value is -0.890. The Morgan fingerprint density at radius 2 is 2.50 bits per heavy atom. The molecule has 0 aliphatic carbocycles. The molecule has 0 saturated heterocycles. The zero-order valence-electron chi connectivity index (χ0n) is 5.87. The predicted molar refractivity (Wildman–Crippen MR) is 48.2 cm³/mol. The molecule has 0 N–H and O–H groups in total. The van der Waals surface area contributed by atoms with Gasteiger partial charge in [0.05, 0.1) is 10.6 Å². The Balaban J connectivity index is 3.00. The molecule has 1 rings (SSSR count). The third-order valence-corrected chi connectivity index (χ3v) is 2.03. The van der Waals surface area contributed by atoms with Gasteiger partial charge in [-0.2, -0.15) is 0 Å². The molecular weight excluding hydrogens is 142 g/mol. The van der Waals surface area contributed by atoms with Crippen molar-refractivity contribution in [3.05, 3.63) is 22.4 Å². The van der Waals surface area contributed by atoms with E-state index in [9.17, 15) is 0 Å². The first-order valence-corrected chi connectivity index (χ1v) is 3.93. The average Bonchev–Trinajstić information content (AvgIpc) is 2.36. The number of aliphatic imine (C=N–C) groups is 1. The second kappa shape index (κ2) is 3.32. The quantitative estimate of drug-likeness (QED) is 0.576. The molecule has 0 fully saturated rings. The van der Waals surface area contributed by atoms with Crippen molar-refractivity contribution in [2.75, 3.05) is 0 Å². The number of rotatable bonds is 2. The van der Waals surface area contributed by atoms with Crippen molar-refractivity contribution in [1.29, 1.82) is 0 Å². The van der Waals surface area contributed by atoms with Gasteiger partial charge in [0.1, 0.15) is 0 Å². The molecule has 0 amide bonds. The van der Waals surface area contributed by atoms with Gasteiger partial charge in [0.15, 0.2) is 0 Å². The molecule has 0 saturated carbocycles. The molecule has 2 heteroatoms. The number of hydrogen-bond acceptors (Lipinski definition) is 2. The summed E-state index contributed by atoms with van der Waals surface area (Å²) < 4.78 is 0. The van der Waals surface area contributed by atoms with E-state index >= 15 is 0 Å². The SMILES string of the molecule is C=Nc1ccsc1/C=C\C. The first kappa shape index (κ1) is 7.22. The summed E-state index contributed by atoms with van der Waals surface area (Å²) >= 11 is 1.68. The van der Waals surface area contributed by atoms with E-state index in [0.717, 1.165) is 5.69 Å². The first-order valence-electron chi connectivity index (χ1n) is 3.05. The van der Waals surface area contributed by atoms with E-state index in [0.29, 0.717) is 0 Å². The lowest BCUT2D eigenvalue weighted by Crippen LogP contribution is -1.58. The second-order valence-corrected chi connectivity index (χ2v) is 2.78. The van der Waals surface area contributed by atoms with E-state index in [1.165, 1.54) is 4.88 Å². The number of hydrogen-bond donors (Lipinski definition) is 0. The molecular formula is C8H9NS. The highest BCUT2D eigenvalue weighted by Crippen LogP contribution is 2.25. The fourth-order valence-electron chi connectivity index (χ4n) is 0.721. The van der Waals surface area contributed by atoms with Crippen LogP contribution in [-0.2, 0) is 0 Å². The van der Waals surface area contributed by atoms with Crippen LogP contribution in [0.15, 0.2) is 22.5 Å². The van der Waals surface area contributed by atoms with E-state index in [2.05, 4.69) is 11.7 Å². The molecule has 0 aliphatic heterocycles. The average molecular weight is 151 g/mol. The van der Waals surface area contributed by atoms with Crippen molar-refractivity contribution in [2.24, 2.45) is 4.99 Å². The highest BCUT2D eigenvalue weighted by atomic mass is 32.1. The molecule has 0 bridgehead atoms. The minimum Gasteiger partial charge on any atom is -0.263 e. The lowest BCUT2D eigenvalue weighted by molar-refractivity contribution is 1.61. The molecule has 1 nitrogen and oxygen atoms in total. The van der Waals surface area contributed by atoms with Crippen LogP contribution in [-0.4, -0.2) is 6.72 Å². The van der Waals surface area contributed by atoms with E-state index in [1.807, 2.05) is 30.5 Å². The van der Waals surface area contributed by atoms with Crippen molar-refractivity contribution >= 4 is 29.8 Å². The van der Waals surface area contributed by atoms with Gasteiger partial charge in [-0.25, -0.2) is 0 Å². The molecule has 0 spiro atoms. The Morgan fingerprint density at radius 3 is 3.10 bits per heavy atom. The van der Waals surface area contributed by atoms with Crippen molar-refractivity contribution in [3.8, 4) is 0 Å². The number of allylic oxidation sites excluding steroid dienone is 1. The van der Waals surface area contributed by atoms with Crippen LogP contribution in [0.5, 0.6) is 0 Å². The van der Waals surface area contributed by atoms with Crippen LogP contribution >= 0.6 is 11.3 Å². The van der Waals surface area contributed by atoms with Crippen LogP contribution < -0.4 is 0 Å². The maximum absolute atomic E-state index is 3.86. The summed E-state index contributed by atoms with van der Waals surface area (Å²) in [6.07, 6.45) is 4.04. The zero-order chi connectivity index (χ0) is 7.40. The van der Waals surface area contributed by atoms with Gasteiger partial charge in [0, 0.05) is 0 Å². The van der Waals surface area contributed by atoms with Crippen LogP contribution in [0.2, 0.25) is 0 Å². The molecule has 52 valence electrons. The summed E-state index contributed by atoms with van der Waals surface area (Å²) in [6.45, 7) is 5.46. The molecule has 1 aromatic rings. The van der Waals surface area contributed by atoms with Gasteiger partial charge in [-0.05, 0) is 31.2 Å². The Kier molecular flexibility index (Phi) is 2.40. The normalized spacial score (nSPS) is 10.5. The van der Waals surface area contributed by atoms with E-state index in [-0.39, 0.29) is 0 Å². The summed E-state index contributed by atoms with van der Waals surface area (Å²) in [5.74, 6) is 0. The summed E-state index contributed by atoms with van der Waals surface area (Å²) in [5.41, 5.74) is 0.975. The first-order chi connectivity index (χ1) is 4.88. The largest absolute Gasteiger partial charge is 0.263 e. The minimum absolute atomic E-state index is 0.975. The van der Waals surface area contributed by atoms with E-state index in [1.54, 1.807) is 11.3 Å². The summed E-state index contributed by atoms with van der Waals surface area (Å²) in [7, 11) is 0. The summed E-state index contributed by atoms with van der Waals surface area (Å²) in [6, 6.07) is 1.97. The fraction of sp³-hybridized carbons (Fsp3) is 0.125. The molecule has 1 aromatic heterocycles. The third-order valence-electron chi connectivity index (χ3n) is 1.16. The van der Waals surface area contributed by atoms with Crippen molar-refractivity contribution in [2.45, 2.75) is 6.92 Å². The lowest BCUT2D eigenvalue weighted by atomic mass is 10.4. The Labute approximate surface area is 64.7 Å².